The van der Waals surface area contributed by atoms with E-state index in [1.807, 2.05) is 4.72 Å². The van der Waals surface area contributed by atoms with E-state index in [2.05, 4.69) is 0 Å². The van der Waals surface area contributed by atoms with E-state index in [0.29, 0.717) is 0 Å². The number of benzene rings is 1. The molecule has 6 nitrogen and oxygen atoms in total. The number of hydrogen-bond donors (Lipinski definition) is 3. The molecule has 1 rings (SSSR count). The first-order valence-electron chi connectivity index (χ1n) is 5.42. The minimum Gasteiger partial charge on any atom is -0.481 e. The molecular weight excluding hydrogens is 313 g/mol. The van der Waals surface area contributed by atoms with Crippen LogP contribution in [0.2, 0.25) is 5.02 Å². The standard InChI is InChI=1S/C11H13ClFNO5S/c1-11(17,5-10(15)16)6-14-20(18,19)9-3-2-7(12)4-8(9)13/h2-4,14,17H,5-6H2,1H3,(H,15,16). The van der Waals surface area contributed by atoms with Gasteiger partial charge in [-0.3, -0.25) is 4.79 Å². The lowest BCUT2D eigenvalue weighted by atomic mass is 10.0. The highest BCUT2D eigenvalue weighted by molar-refractivity contribution is 7.89. The third-order valence-corrected chi connectivity index (χ3v) is 4.03. The first-order chi connectivity index (χ1) is 9.03. The molecule has 1 aromatic rings. The monoisotopic (exact) mass is 325 g/mol. The van der Waals surface area contributed by atoms with Gasteiger partial charge in [-0.1, -0.05) is 11.6 Å². The molecule has 0 spiro atoms. The fourth-order valence-corrected chi connectivity index (χ4v) is 2.79. The summed E-state index contributed by atoms with van der Waals surface area (Å²) in [7, 11) is -4.21. The molecule has 0 saturated heterocycles. The number of aliphatic hydroxyl groups is 1. The van der Waals surface area contributed by atoms with Gasteiger partial charge in [0.25, 0.3) is 0 Å². The molecule has 0 aliphatic carbocycles. The topological polar surface area (TPSA) is 104 Å². The lowest BCUT2D eigenvalue weighted by Crippen LogP contribution is -2.42. The molecule has 0 amide bonds. The van der Waals surface area contributed by atoms with Crippen LogP contribution in [0.15, 0.2) is 23.1 Å². The molecule has 0 radical (unpaired) electrons. The molecule has 9 heteroatoms. The van der Waals surface area contributed by atoms with Crippen LogP contribution in [0.25, 0.3) is 0 Å². The molecule has 0 fully saturated rings. The SMILES string of the molecule is CC(O)(CNS(=O)(=O)c1ccc(Cl)cc1F)CC(=O)O. The van der Waals surface area contributed by atoms with Crippen molar-refractivity contribution in [3.63, 3.8) is 0 Å². The Kier molecular flexibility index (Phi) is 5.09. The van der Waals surface area contributed by atoms with Crippen molar-refractivity contribution in [1.82, 2.24) is 4.72 Å². The maximum atomic E-state index is 13.5. The predicted molar refractivity (Wildman–Crippen MR) is 69.5 cm³/mol. The number of halogens is 2. The van der Waals surface area contributed by atoms with Gasteiger partial charge in [0, 0.05) is 11.6 Å². The van der Waals surface area contributed by atoms with E-state index in [0.717, 1.165) is 19.1 Å². The van der Waals surface area contributed by atoms with Crippen molar-refractivity contribution in [3.8, 4) is 0 Å². The summed E-state index contributed by atoms with van der Waals surface area (Å²) in [6, 6.07) is 3.02. The number of carboxylic acids is 1. The fourth-order valence-electron chi connectivity index (χ4n) is 1.41. The average molecular weight is 326 g/mol. The van der Waals surface area contributed by atoms with E-state index in [1.165, 1.54) is 6.07 Å². The average Bonchev–Trinajstić information content (AvgIpc) is 2.24. The van der Waals surface area contributed by atoms with E-state index in [1.54, 1.807) is 0 Å². The first kappa shape index (κ1) is 16.8. The molecule has 112 valence electrons. The predicted octanol–water partition coefficient (Wildman–Crippen LogP) is 0.983. The van der Waals surface area contributed by atoms with Crippen LogP contribution in [0.5, 0.6) is 0 Å². The summed E-state index contributed by atoms with van der Waals surface area (Å²) in [4.78, 5) is 9.86. The molecule has 3 N–H and O–H groups in total. The van der Waals surface area contributed by atoms with E-state index in [-0.39, 0.29) is 5.02 Å². The normalized spacial score (nSPS) is 14.8. The van der Waals surface area contributed by atoms with Crippen LogP contribution in [-0.4, -0.2) is 36.7 Å². The summed E-state index contributed by atoms with van der Waals surface area (Å²) in [5, 5.41) is 18.3. The van der Waals surface area contributed by atoms with Gasteiger partial charge in [-0.05, 0) is 25.1 Å². The lowest BCUT2D eigenvalue weighted by molar-refractivity contribution is -0.141. The van der Waals surface area contributed by atoms with Crippen LogP contribution in [0.3, 0.4) is 0 Å². The van der Waals surface area contributed by atoms with Crippen LogP contribution in [0, 0.1) is 5.82 Å². The van der Waals surface area contributed by atoms with Gasteiger partial charge in [0.15, 0.2) is 0 Å². The number of carboxylic acid groups (broad SMARTS) is 1. The molecular formula is C11H13ClFNO5S. The van der Waals surface area contributed by atoms with Gasteiger partial charge in [-0.25, -0.2) is 17.5 Å². The van der Waals surface area contributed by atoms with Crippen molar-refractivity contribution >= 4 is 27.6 Å². The molecule has 1 aromatic carbocycles. The minimum absolute atomic E-state index is 0.0410. The zero-order valence-corrected chi connectivity index (χ0v) is 12.0. The Hall–Kier alpha value is -1.22. The smallest absolute Gasteiger partial charge is 0.306 e. The maximum absolute atomic E-state index is 13.5. The number of hydrogen-bond acceptors (Lipinski definition) is 4. The Morgan fingerprint density at radius 2 is 2.10 bits per heavy atom. The molecule has 1 atom stereocenters. The van der Waals surface area contributed by atoms with Gasteiger partial charge in [0.2, 0.25) is 10.0 Å². The second kappa shape index (κ2) is 6.04. The number of nitrogens with one attached hydrogen (secondary N) is 1. The quantitative estimate of drug-likeness (QED) is 0.723. The summed E-state index contributed by atoms with van der Waals surface area (Å²) in [5.41, 5.74) is -1.79. The minimum atomic E-state index is -4.21. The fraction of sp³-hybridized carbons (Fsp3) is 0.364. The van der Waals surface area contributed by atoms with Crippen molar-refractivity contribution in [2.75, 3.05) is 6.54 Å². The van der Waals surface area contributed by atoms with Gasteiger partial charge in [0.1, 0.15) is 10.7 Å². The number of aliphatic carboxylic acids is 1. The van der Waals surface area contributed by atoms with Gasteiger partial charge in [-0.15, -0.1) is 0 Å². The lowest BCUT2D eigenvalue weighted by Gasteiger charge is -2.21. The van der Waals surface area contributed by atoms with Crippen LogP contribution < -0.4 is 4.72 Å². The van der Waals surface area contributed by atoms with Gasteiger partial charge in [0.05, 0.1) is 12.0 Å². The van der Waals surface area contributed by atoms with Gasteiger partial charge < -0.3 is 10.2 Å². The van der Waals surface area contributed by atoms with Gasteiger partial charge in [-0.2, -0.15) is 0 Å². The highest BCUT2D eigenvalue weighted by Crippen LogP contribution is 2.19. The van der Waals surface area contributed by atoms with E-state index < -0.39 is 45.3 Å². The number of rotatable bonds is 6. The van der Waals surface area contributed by atoms with Crippen molar-refractivity contribution in [2.24, 2.45) is 0 Å². The van der Waals surface area contributed by atoms with Crippen LogP contribution >= 0.6 is 11.6 Å². The van der Waals surface area contributed by atoms with E-state index in [9.17, 15) is 22.7 Å². The molecule has 0 bridgehead atoms. The van der Waals surface area contributed by atoms with Crippen molar-refractivity contribution in [3.05, 3.63) is 29.0 Å². The van der Waals surface area contributed by atoms with Crippen molar-refractivity contribution in [1.29, 1.82) is 0 Å². The molecule has 20 heavy (non-hydrogen) atoms. The first-order valence-corrected chi connectivity index (χ1v) is 7.28. The van der Waals surface area contributed by atoms with Crippen LogP contribution in [-0.2, 0) is 14.8 Å². The Balaban J connectivity index is 2.88. The maximum Gasteiger partial charge on any atom is 0.306 e. The third kappa shape index (κ3) is 4.71. The highest BCUT2D eigenvalue weighted by atomic mass is 35.5. The zero-order chi connectivity index (χ0) is 15.6. The Labute approximate surface area is 120 Å². The highest BCUT2D eigenvalue weighted by Gasteiger charge is 2.28. The Bertz CT molecular complexity index is 617. The van der Waals surface area contributed by atoms with Crippen LogP contribution in [0.1, 0.15) is 13.3 Å². The van der Waals surface area contributed by atoms with Gasteiger partial charge >= 0.3 is 5.97 Å². The van der Waals surface area contributed by atoms with E-state index >= 15 is 0 Å². The molecule has 0 aliphatic heterocycles. The second-order valence-corrected chi connectivity index (χ2v) is 6.64. The summed E-state index contributed by atoms with van der Waals surface area (Å²) in [6.07, 6.45) is -0.654. The molecule has 0 heterocycles. The summed E-state index contributed by atoms with van der Waals surface area (Å²) in [6.45, 7) is 0.589. The van der Waals surface area contributed by atoms with Crippen LogP contribution in [0.4, 0.5) is 4.39 Å². The molecule has 1 unspecified atom stereocenters. The molecule has 0 saturated carbocycles. The zero-order valence-electron chi connectivity index (χ0n) is 10.4. The summed E-state index contributed by atoms with van der Waals surface area (Å²) >= 11 is 5.51. The Morgan fingerprint density at radius 3 is 2.60 bits per heavy atom. The van der Waals surface area contributed by atoms with Crippen molar-refractivity contribution < 1.29 is 27.8 Å². The summed E-state index contributed by atoms with van der Waals surface area (Å²) in [5.74, 6) is -2.32. The Morgan fingerprint density at radius 1 is 1.50 bits per heavy atom. The van der Waals surface area contributed by atoms with E-state index in [4.69, 9.17) is 16.7 Å². The molecule has 0 aliphatic rings. The number of carbonyl (C=O) groups is 1. The molecule has 0 aromatic heterocycles. The largest absolute Gasteiger partial charge is 0.481 e. The summed E-state index contributed by atoms with van der Waals surface area (Å²) < 4.78 is 39.2. The number of sulfonamides is 1. The van der Waals surface area contributed by atoms with Crippen molar-refractivity contribution in [2.45, 2.75) is 23.8 Å². The second-order valence-electron chi connectivity index (χ2n) is 4.47. The third-order valence-electron chi connectivity index (χ3n) is 2.36.